The summed E-state index contributed by atoms with van der Waals surface area (Å²) in [6, 6.07) is 8.14. The van der Waals surface area contributed by atoms with Crippen LogP contribution in [0.2, 0.25) is 0 Å². The van der Waals surface area contributed by atoms with E-state index in [-0.39, 0.29) is 5.78 Å². The van der Waals surface area contributed by atoms with Crippen molar-refractivity contribution in [3.05, 3.63) is 47.5 Å². The van der Waals surface area contributed by atoms with Crippen LogP contribution in [0.3, 0.4) is 0 Å². The first kappa shape index (κ1) is 12.5. The maximum absolute atomic E-state index is 11.6. The summed E-state index contributed by atoms with van der Waals surface area (Å²) in [6.07, 6.45) is 2.95. The Morgan fingerprint density at radius 3 is 2.83 bits per heavy atom. The van der Waals surface area contributed by atoms with Crippen molar-refractivity contribution >= 4 is 5.78 Å². The summed E-state index contributed by atoms with van der Waals surface area (Å²) in [7, 11) is 0. The lowest BCUT2D eigenvalue weighted by Gasteiger charge is -2.04. The number of Topliss-reactive ketones (excluding diaryl/α,β-unsaturated/α-hetero) is 1. The third-order valence-corrected chi connectivity index (χ3v) is 2.86. The molecular weight excluding hydrogens is 226 g/mol. The van der Waals surface area contributed by atoms with Crippen molar-refractivity contribution in [3.8, 4) is 0 Å². The number of ketones is 1. The summed E-state index contributed by atoms with van der Waals surface area (Å²) >= 11 is 0. The van der Waals surface area contributed by atoms with Crippen molar-refractivity contribution in [2.24, 2.45) is 0 Å². The molecule has 0 aliphatic carbocycles. The lowest BCUT2D eigenvalue weighted by Crippen LogP contribution is -2.05. The van der Waals surface area contributed by atoms with Crippen molar-refractivity contribution in [1.82, 2.24) is 14.8 Å². The zero-order valence-corrected chi connectivity index (χ0v) is 10.8. The molecule has 2 aromatic rings. The maximum Gasteiger partial charge on any atom is 0.217 e. The van der Waals surface area contributed by atoms with Crippen LogP contribution >= 0.6 is 0 Å². The molecule has 4 heteroatoms. The van der Waals surface area contributed by atoms with Gasteiger partial charge in [-0.1, -0.05) is 31.2 Å². The van der Waals surface area contributed by atoms with Crippen molar-refractivity contribution in [2.75, 3.05) is 0 Å². The second-order valence-electron chi connectivity index (χ2n) is 4.37. The van der Waals surface area contributed by atoms with Crippen LogP contribution in [-0.4, -0.2) is 20.5 Å². The molecule has 0 unspecified atom stereocenters. The monoisotopic (exact) mass is 243 g/mol. The molecule has 0 aliphatic heterocycles. The number of carbonyl (C=O) groups is 1. The zero-order valence-electron chi connectivity index (χ0n) is 10.8. The fourth-order valence-electron chi connectivity index (χ4n) is 1.80. The Morgan fingerprint density at radius 1 is 1.33 bits per heavy atom. The van der Waals surface area contributed by atoms with E-state index < -0.39 is 0 Å². The Balaban J connectivity index is 2.12. The zero-order chi connectivity index (χ0) is 13.0. The van der Waals surface area contributed by atoms with E-state index >= 15 is 0 Å². The van der Waals surface area contributed by atoms with Crippen LogP contribution in [0.15, 0.2) is 30.6 Å². The molecule has 18 heavy (non-hydrogen) atoms. The summed E-state index contributed by atoms with van der Waals surface area (Å²) in [4.78, 5) is 15.7. The predicted molar refractivity (Wildman–Crippen MR) is 69.5 cm³/mol. The molecule has 0 spiro atoms. The molecule has 0 N–H and O–H groups in total. The molecule has 1 aromatic heterocycles. The first-order valence-electron chi connectivity index (χ1n) is 6.18. The molecule has 0 bridgehead atoms. The van der Waals surface area contributed by atoms with E-state index in [2.05, 4.69) is 29.1 Å². The fraction of sp³-hybridized carbons (Fsp3) is 0.357. The molecule has 1 heterocycles. The molecule has 0 fully saturated rings. The lowest BCUT2D eigenvalue weighted by atomic mass is 10.1. The Hall–Kier alpha value is -1.97. The highest BCUT2D eigenvalue weighted by Crippen LogP contribution is 2.08. The first-order chi connectivity index (χ1) is 8.70. The van der Waals surface area contributed by atoms with Crippen LogP contribution in [0, 0.1) is 6.92 Å². The van der Waals surface area contributed by atoms with E-state index in [9.17, 15) is 4.79 Å². The summed E-state index contributed by atoms with van der Waals surface area (Å²) in [5.74, 6) is 0.339. The van der Waals surface area contributed by atoms with E-state index in [0.29, 0.717) is 18.8 Å². The Morgan fingerprint density at radius 2 is 2.11 bits per heavy atom. The average molecular weight is 243 g/mol. The Labute approximate surface area is 107 Å². The molecule has 4 nitrogen and oxygen atoms in total. The molecule has 0 amide bonds. The van der Waals surface area contributed by atoms with E-state index in [4.69, 9.17) is 0 Å². The molecule has 2 rings (SSSR count). The number of aryl methyl sites for hydroxylation is 1. The van der Waals surface area contributed by atoms with Gasteiger partial charge in [0.25, 0.3) is 0 Å². The maximum atomic E-state index is 11.6. The number of hydrogen-bond donors (Lipinski definition) is 0. The van der Waals surface area contributed by atoms with E-state index in [1.165, 1.54) is 11.1 Å². The number of hydrogen-bond acceptors (Lipinski definition) is 3. The second-order valence-corrected chi connectivity index (χ2v) is 4.37. The highest BCUT2D eigenvalue weighted by Gasteiger charge is 2.10. The smallest absolute Gasteiger partial charge is 0.217 e. The first-order valence-corrected chi connectivity index (χ1v) is 6.18. The topological polar surface area (TPSA) is 47.8 Å². The van der Waals surface area contributed by atoms with Crippen LogP contribution in [-0.2, 0) is 6.54 Å². The summed E-state index contributed by atoms with van der Waals surface area (Å²) in [6.45, 7) is 4.69. The van der Waals surface area contributed by atoms with Crippen LogP contribution in [0.5, 0.6) is 0 Å². The summed E-state index contributed by atoms with van der Waals surface area (Å²) in [5.41, 5.74) is 2.41. The highest BCUT2D eigenvalue weighted by atomic mass is 16.1. The molecule has 0 saturated heterocycles. The van der Waals surface area contributed by atoms with Crippen molar-refractivity contribution in [1.29, 1.82) is 0 Å². The molecule has 0 aliphatic rings. The number of rotatable bonds is 5. The van der Waals surface area contributed by atoms with Crippen molar-refractivity contribution in [3.63, 3.8) is 0 Å². The standard InChI is InChI=1S/C14H17N3O/c1-3-6-13(18)14-15-10-17(16-14)9-12-8-5-4-7-11(12)2/h4-5,7-8,10H,3,6,9H2,1-2H3. The van der Waals surface area contributed by atoms with Gasteiger partial charge in [0.1, 0.15) is 6.33 Å². The van der Waals surface area contributed by atoms with Gasteiger partial charge < -0.3 is 0 Å². The van der Waals surface area contributed by atoms with Gasteiger partial charge in [0, 0.05) is 6.42 Å². The van der Waals surface area contributed by atoms with Gasteiger partial charge in [-0.3, -0.25) is 4.79 Å². The minimum atomic E-state index is 0.0148. The van der Waals surface area contributed by atoms with Gasteiger partial charge in [-0.2, -0.15) is 0 Å². The lowest BCUT2D eigenvalue weighted by molar-refractivity contribution is 0.0971. The quantitative estimate of drug-likeness (QED) is 0.758. The second kappa shape index (κ2) is 5.58. The minimum Gasteiger partial charge on any atom is -0.291 e. The van der Waals surface area contributed by atoms with E-state index in [0.717, 1.165) is 6.42 Å². The molecule has 0 atom stereocenters. The Kier molecular flexibility index (Phi) is 3.87. The van der Waals surface area contributed by atoms with Gasteiger partial charge in [0.15, 0.2) is 0 Å². The van der Waals surface area contributed by atoms with E-state index in [1.807, 2.05) is 19.1 Å². The van der Waals surface area contributed by atoms with Gasteiger partial charge in [0.05, 0.1) is 6.54 Å². The van der Waals surface area contributed by atoms with Crippen molar-refractivity contribution < 1.29 is 4.79 Å². The Bertz CT molecular complexity index is 545. The van der Waals surface area contributed by atoms with Gasteiger partial charge in [-0.25, -0.2) is 9.67 Å². The van der Waals surface area contributed by atoms with Gasteiger partial charge in [-0.05, 0) is 24.5 Å². The van der Waals surface area contributed by atoms with Gasteiger partial charge in [0.2, 0.25) is 11.6 Å². The fourth-order valence-corrected chi connectivity index (χ4v) is 1.80. The number of carbonyl (C=O) groups excluding carboxylic acids is 1. The third kappa shape index (κ3) is 2.83. The molecule has 0 radical (unpaired) electrons. The summed E-state index contributed by atoms with van der Waals surface area (Å²) < 4.78 is 1.71. The predicted octanol–water partition coefficient (Wildman–Crippen LogP) is 2.62. The molecule has 94 valence electrons. The van der Waals surface area contributed by atoms with Crippen LogP contribution in [0.1, 0.15) is 41.5 Å². The molecule has 1 aromatic carbocycles. The van der Waals surface area contributed by atoms with E-state index in [1.54, 1.807) is 11.0 Å². The van der Waals surface area contributed by atoms with Crippen LogP contribution in [0.25, 0.3) is 0 Å². The largest absolute Gasteiger partial charge is 0.291 e. The van der Waals surface area contributed by atoms with Gasteiger partial charge >= 0.3 is 0 Å². The van der Waals surface area contributed by atoms with Crippen molar-refractivity contribution in [2.45, 2.75) is 33.2 Å². The highest BCUT2D eigenvalue weighted by molar-refractivity contribution is 5.92. The average Bonchev–Trinajstić information content (AvgIpc) is 2.81. The van der Waals surface area contributed by atoms with Crippen LogP contribution in [0.4, 0.5) is 0 Å². The molecular formula is C14H17N3O. The van der Waals surface area contributed by atoms with Crippen LogP contribution < -0.4 is 0 Å². The number of nitrogens with zero attached hydrogens (tertiary/aromatic N) is 3. The SMILES string of the molecule is CCCC(=O)c1ncn(Cc2ccccc2C)n1. The normalized spacial score (nSPS) is 10.6. The third-order valence-electron chi connectivity index (χ3n) is 2.86. The van der Waals surface area contributed by atoms with Gasteiger partial charge in [-0.15, -0.1) is 5.10 Å². The molecule has 0 saturated carbocycles. The summed E-state index contributed by atoms with van der Waals surface area (Å²) in [5, 5.41) is 4.22. The number of benzene rings is 1. The number of aromatic nitrogens is 3. The minimum absolute atomic E-state index is 0.0148.